The van der Waals surface area contributed by atoms with Crippen LogP contribution in [0.5, 0.6) is 0 Å². The summed E-state index contributed by atoms with van der Waals surface area (Å²) in [6, 6.07) is 17.9. The van der Waals surface area contributed by atoms with Gasteiger partial charge in [-0.15, -0.1) is 22.7 Å². The number of carbonyl (C=O) groups excluding carboxylic acids is 2. The number of anilines is 1. The average Bonchev–Trinajstić information content (AvgIpc) is 1.70. The summed E-state index contributed by atoms with van der Waals surface area (Å²) < 4.78 is 97.4. The molecular formula is C66H91F3N4O11S4. The lowest BCUT2D eigenvalue weighted by Crippen LogP contribution is -2.19. The van der Waals surface area contributed by atoms with E-state index >= 15 is 0 Å². The smallest absolute Gasteiger partial charge is 0.433 e. The van der Waals surface area contributed by atoms with E-state index < -0.39 is 49.5 Å². The molecule has 1 amide bonds. The SMILES string of the molecule is C/C=C/C(=O)Nc1cc(C(=O)OC)sc1-c1cccs1.CC(C)c1cc(C(C)C)c(C(=O)O)c(C(C)C)c1.CC(C)c1cc(C(C)C)c(S(=O)(=O)O)c(C(C)C)c1.CC(C)c1cc(C(C)C)c(S(N)(=O)=O)c(C(C)C)c1.Cc1nc(C(F)(F)F)cc(=O)[nH]1. The fourth-order valence-electron chi connectivity index (χ4n) is 8.93. The molecular weight excluding hydrogens is 1210 g/mol. The van der Waals surface area contributed by atoms with Crippen molar-refractivity contribution in [1.82, 2.24) is 9.97 Å². The van der Waals surface area contributed by atoms with Crippen molar-refractivity contribution in [2.75, 3.05) is 12.4 Å². The minimum absolute atomic E-state index is 0.0465. The molecule has 0 aliphatic rings. The number of methoxy groups -OCH3 is 1. The molecule has 0 fully saturated rings. The zero-order chi connectivity index (χ0) is 67.8. The molecule has 22 heteroatoms. The first-order chi connectivity index (χ1) is 40.4. The maximum absolute atomic E-state index is 11.9. The fourth-order valence-corrected chi connectivity index (χ4v) is 13.3. The number of nitrogens with one attached hydrogen (secondary N) is 2. The number of aromatic amines is 1. The van der Waals surface area contributed by atoms with Crippen LogP contribution in [0.1, 0.15) is 266 Å². The van der Waals surface area contributed by atoms with Crippen molar-refractivity contribution in [3.05, 3.63) is 161 Å². The van der Waals surface area contributed by atoms with Crippen molar-refractivity contribution < 1.29 is 58.8 Å². The third-order valence-corrected chi connectivity index (χ3v) is 17.8. The number of alkyl halides is 3. The number of nitrogens with two attached hydrogens (primary N) is 1. The number of hydrogen-bond acceptors (Lipinski definition) is 12. The molecule has 3 aromatic carbocycles. The second-order valence-electron chi connectivity index (χ2n) is 23.9. The summed E-state index contributed by atoms with van der Waals surface area (Å²) in [6.07, 6.45) is -1.46. The number of ether oxygens (including phenoxy) is 1. The molecule has 486 valence electrons. The Morgan fingerprint density at radius 2 is 1.06 bits per heavy atom. The normalized spacial score (nSPS) is 11.9. The zero-order valence-corrected chi connectivity index (χ0v) is 57.8. The molecule has 0 aliphatic heterocycles. The van der Waals surface area contributed by atoms with Gasteiger partial charge in [-0.05, 0) is 141 Å². The number of primary sulfonamides is 1. The summed E-state index contributed by atoms with van der Waals surface area (Å²) in [5.74, 6) is 0.444. The second-order valence-corrected chi connectivity index (χ2v) is 28.7. The van der Waals surface area contributed by atoms with Gasteiger partial charge in [-0.1, -0.05) is 173 Å². The summed E-state index contributed by atoms with van der Waals surface area (Å²) in [7, 11) is -6.56. The highest BCUT2D eigenvalue weighted by Crippen LogP contribution is 2.41. The van der Waals surface area contributed by atoms with Crippen LogP contribution >= 0.6 is 22.7 Å². The maximum atomic E-state index is 11.9. The first-order valence-electron chi connectivity index (χ1n) is 29.0. The molecule has 0 atom stereocenters. The zero-order valence-electron chi connectivity index (χ0n) is 54.6. The van der Waals surface area contributed by atoms with Crippen LogP contribution in [0.25, 0.3) is 9.75 Å². The molecule has 6 N–H and O–H groups in total. The van der Waals surface area contributed by atoms with Crippen molar-refractivity contribution >= 4 is 66.3 Å². The predicted molar refractivity (Wildman–Crippen MR) is 351 cm³/mol. The van der Waals surface area contributed by atoms with Gasteiger partial charge in [0, 0.05) is 10.9 Å². The molecule has 3 aromatic heterocycles. The van der Waals surface area contributed by atoms with Gasteiger partial charge in [-0.2, -0.15) is 21.6 Å². The Labute approximate surface area is 527 Å². The van der Waals surface area contributed by atoms with Gasteiger partial charge < -0.3 is 20.1 Å². The number of H-pyrrole nitrogens is 1. The molecule has 6 rings (SSSR count). The van der Waals surface area contributed by atoms with Crippen LogP contribution in [0.4, 0.5) is 18.9 Å². The number of aromatic nitrogens is 2. The molecule has 15 nitrogen and oxygen atoms in total. The number of nitrogens with zero attached hydrogens (tertiary/aromatic N) is 1. The van der Waals surface area contributed by atoms with Crippen molar-refractivity contribution in [3.63, 3.8) is 0 Å². The summed E-state index contributed by atoms with van der Waals surface area (Å²) in [5, 5.41) is 19.6. The summed E-state index contributed by atoms with van der Waals surface area (Å²) in [5.41, 5.74) is 7.66. The van der Waals surface area contributed by atoms with Gasteiger partial charge in [0.15, 0.2) is 5.69 Å². The number of thiophene rings is 2. The largest absolute Gasteiger partial charge is 0.478 e. The minimum atomic E-state index is -4.56. The average molecular weight is 1300 g/mol. The molecule has 3 heterocycles. The van der Waals surface area contributed by atoms with Gasteiger partial charge in [0.25, 0.3) is 15.7 Å². The third kappa shape index (κ3) is 22.6. The van der Waals surface area contributed by atoms with E-state index in [4.69, 9.17) is 9.88 Å². The number of benzene rings is 3. The van der Waals surface area contributed by atoms with E-state index in [1.54, 1.807) is 30.4 Å². The Kier molecular flexibility index (Phi) is 29.6. The predicted octanol–water partition coefficient (Wildman–Crippen LogP) is 17.6. The lowest BCUT2D eigenvalue weighted by Gasteiger charge is -2.21. The van der Waals surface area contributed by atoms with Crippen molar-refractivity contribution in [3.8, 4) is 9.75 Å². The molecule has 0 bridgehead atoms. The lowest BCUT2D eigenvalue weighted by molar-refractivity contribution is -0.141. The number of hydrogen-bond donors (Lipinski definition) is 5. The number of sulfonamides is 1. The Morgan fingerprint density at radius 1 is 0.659 bits per heavy atom. The van der Waals surface area contributed by atoms with E-state index in [0.29, 0.717) is 56.0 Å². The number of amides is 1. The van der Waals surface area contributed by atoms with Gasteiger partial charge in [-0.25, -0.2) is 28.1 Å². The molecule has 0 unspecified atom stereocenters. The molecule has 0 aliphatic carbocycles. The standard InChI is InChI=1S/C16H24O2.C15H25NO2S.C15H24O3S.C14H13NO3S2.C6H5F3N2O/c1-9(2)12-7-13(10(3)4)15(16(17)18)14(8-12)11(5)6;2*1-9(2)12-7-13(10(3)4)15(19(16,17)18)14(8-12)11(5)6;1-3-5-12(16)15-9-8-11(14(17)18-2)20-13(9)10-6-4-7-19-10;1-3-10-4(6(7,8)9)2-5(12)11-3/h7-11H,1-6H3,(H,17,18);7-11H,1-6H3,(H2,16,17,18);7-11H,1-6H3,(H,16,17,18);3-8H,1-2H3,(H,15,16);2H,1H3,(H,10,11,12)/b;;;5-3+;. The number of halogens is 3. The van der Waals surface area contributed by atoms with Gasteiger partial charge in [0.1, 0.15) is 15.6 Å². The number of rotatable bonds is 16. The molecule has 0 spiro atoms. The van der Waals surface area contributed by atoms with E-state index in [1.807, 2.05) is 97.2 Å². The van der Waals surface area contributed by atoms with Crippen LogP contribution in [0.2, 0.25) is 0 Å². The van der Waals surface area contributed by atoms with Gasteiger partial charge in [-0.3, -0.25) is 14.1 Å². The monoisotopic (exact) mass is 1300 g/mol. The van der Waals surface area contributed by atoms with Gasteiger partial charge in [0.2, 0.25) is 15.9 Å². The van der Waals surface area contributed by atoms with Gasteiger partial charge in [0.05, 0.1) is 28.1 Å². The minimum Gasteiger partial charge on any atom is -0.478 e. The number of aromatic carboxylic acids is 1. The van der Waals surface area contributed by atoms with Crippen LogP contribution < -0.4 is 16.0 Å². The first-order valence-corrected chi connectivity index (χ1v) is 33.7. The Morgan fingerprint density at radius 3 is 1.35 bits per heavy atom. The molecule has 0 saturated heterocycles. The maximum Gasteiger partial charge on any atom is 0.433 e. The van der Waals surface area contributed by atoms with Crippen LogP contribution in [-0.4, -0.2) is 61.4 Å². The fraction of sp³-hybridized carbons (Fsp3) is 0.470. The number of carbonyl (C=O) groups is 3. The van der Waals surface area contributed by atoms with E-state index in [-0.39, 0.29) is 52.1 Å². The van der Waals surface area contributed by atoms with Crippen molar-refractivity contribution in [2.45, 2.75) is 208 Å². The second kappa shape index (κ2) is 33.5. The van der Waals surface area contributed by atoms with E-state index in [1.165, 1.54) is 42.6 Å². The molecule has 6 aromatic rings. The Balaban J connectivity index is 0.000000378. The number of carboxylic acids is 1. The quantitative estimate of drug-likeness (QED) is 0.0345. The molecule has 0 saturated carbocycles. The number of aryl methyl sites for hydroxylation is 1. The Bertz CT molecular complexity index is 3460. The third-order valence-electron chi connectivity index (χ3n) is 13.6. The Hall–Kier alpha value is -6.30. The van der Waals surface area contributed by atoms with Crippen LogP contribution in [0.15, 0.2) is 92.8 Å². The summed E-state index contributed by atoms with van der Waals surface area (Å²) in [4.78, 5) is 53.4. The van der Waals surface area contributed by atoms with Crippen LogP contribution in [0, 0.1) is 6.92 Å². The van der Waals surface area contributed by atoms with Crippen molar-refractivity contribution in [2.24, 2.45) is 5.14 Å². The van der Waals surface area contributed by atoms with E-state index in [2.05, 4.69) is 96.7 Å². The van der Waals surface area contributed by atoms with Gasteiger partial charge >= 0.3 is 18.1 Å². The van der Waals surface area contributed by atoms with Crippen molar-refractivity contribution in [1.29, 1.82) is 0 Å². The molecule has 88 heavy (non-hydrogen) atoms. The number of esters is 1. The first kappa shape index (κ1) is 77.8. The lowest BCUT2D eigenvalue weighted by atomic mass is 9.84. The van der Waals surface area contributed by atoms with E-state index in [0.717, 1.165) is 37.6 Å². The number of carboxylic acid groups (broad SMARTS) is 1. The van der Waals surface area contributed by atoms with Crippen LogP contribution in [0.3, 0.4) is 0 Å². The van der Waals surface area contributed by atoms with E-state index in [9.17, 15) is 58.8 Å². The summed E-state index contributed by atoms with van der Waals surface area (Å²) >= 11 is 2.86. The summed E-state index contributed by atoms with van der Waals surface area (Å²) in [6.45, 7) is 39.7. The molecule has 0 radical (unpaired) electrons. The van der Waals surface area contributed by atoms with Crippen LogP contribution in [-0.2, 0) is 35.8 Å². The highest BCUT2D eigenvalue weighted by Gasteiger charge is 2.33. The highest BCUT2D eigenvalue weighted by atomic mass is 32.2. The number of allylic oxidation sites excluding steroid dienone is 1. The topological polar surface area (TPSA) is 253 Å². The highest BCUT2D eigenvalue weighted by molar-refractivity contribution is 7.89.